The van der Waals surface area contributed by atoms with E-state index in [-0.39, 0.29) is 30.3 Å². The average molecular weight is 267 g/mol. The Morgan fingerprint density at radius 1 is 1.61 bits per heavy atom. The Labute approximate surface area is 110 Å². The van der Waals surface area contributed by atoms with Crippen LogP contribution in [0.25, 0.3) is 0 Å². The summed E-state index contributed by atoms with van der Waals surface area (Å²) in [7, 11) is 0. The van der Waals surface area contributed by atoms with Crippen LogP contribution in [0.4, 0.5) is 0 Å². The number of hydrogen-bond acceptors (Lipinski definition) is 4. The normalized spacial score (nSPS) is 21.9. The van der Waals surface area contributed by atoms with Crippen molar-refractivity contribution in [3.05, 3.63) is 16.6 Å². The third-order valence-corrected chi connectivity index (χ3v) is 4.08. The molecule has 0 aliphatic carbocycles. The van der Waals surface area contributed by atoms with Crippen molar-refractivity contribution in [1.82, 2.24) is 15.2 Å². The molecule has 1 aliphatic rings. The Kier molecular flexibility index (Phi) is 3.96. The number of carbonyl (C=O) groups excluding carboxylic acids is 2. The number of piperazine rings is 1. The molecule has 0 spiro atoms. The lowest BCUT2D eigenvalue weighted by Gasteiger charge is -2.37. The van der Waals surface area contributed by atoms with Gasteiger partial charge in [-0.25, -0.2) is 4.98 Å². The largest absolute Gasteiger partial charge is 0.345 e. The highest BCUT2D eigenvalue weighted by atomic mass is 32.1. The zero-order chi connectivity index (χ0) is 13.1. The Balaban J connectivity index is 2.20. The molecule has 0 bridgehead atoms. The lowest BCUT2D eigenvalue weighted by Crippen LogP contribution is -2.60. The summed E-state index contributed by atoms with van der Waals surface area (Å²) in [5.74, 6) is 0.0600. The molecular formula is C12H17N3O2S. The van der Waals surface area contributed by atoms with Gasteiger partial charge in [-0.1, -0.05) is 20.3 Å². The zero-order valence-electron chi connectivity index (χ0n) is 10.5. The molecule has 2 amide bonds. The second-order valence-electron chi connectivity index (χ2n) is 4.50. The predicted molar refractivity (Wildman–Crippen MR) is 68.9 cm³/mol. The van der Waals surface area contributed by atoms with Gasteiger partial charge in [0.1, 0.15) is 11.0 Å². The van der Waals surface area contributed by atoms with Crippen LogP contribution in [0.1, 0.15) is 25.3 Å². The number of thiazole rings is 1. The molecule has 5 nitrogen and oxygen atoms in total. The summed E-state index contributed by atoms with van der Waals surface area (Å²) in [6.45, 7) is 4.55. The Morgan fingerprint density at radius 2 is 2.39 bits per heavy atom. The standard InChI is InChI=1S/C12H17N3O2S/c1-3-8(2)11-12(17)14-6-10(16)15(11)7-9-13-4-5-18-9/h4-5,8,11H,3,6-7H2,1-2H3,(H,14,17). The smallest absolute Gasteiger partial charge is 0.243 e. The molecule has 2 rings (SSSR count). The molecule has 1 N–H and O–H groups in total. The number of nitrogens with one attached hydrogen (secondary N) is 1. The molecule has 1 fully saturated rings. The molecule has 2 unspecified atom stereocenters. The summed E-state index contributed by atoms with van der Waals surface area (Å²) in [5, 5.41) is 5.40. The van der Waals surface area contributed by atoms with Crippen molar-refractivity contribution in [3.8, 4) is 0 Å². The molecule has 1 aromatic rings. The van der Waals surface area contributed by atoms with E-state index in [1.807, 2.05) is 19.2 Å². The van der Waals surface area contributed by atoms with Gasteiger partial charge in [0.25, 0.3) is 0 Å². The molecule has 0 aromatic carbocycles. The van der Waals surface area contributed by atoms with Gasteiger partial charge in [0, 0.05) is 11.6 Å². The molecule has 2 heterocycles. The van der Waals surface area contributed by atoms with Crippen LogP contribution >= 0.6 is 11.3 Å². The van der Waals surface area contributed by atoms with E-state index in [2.05, 4.69) is 10.3 Å². The Bertz CT molecular complexity index is 433. The van der Waals surface area contributed by atoms with Gasteiger partial charge in [0.2, 0.25) is 11.8 Å². The van der Waals surface area contributed by atoms with Crippen LogP contribution in [0.15, 0.2) is 11.6 Å². The first-order chi connectivity index (χ1) is 8.63. The van der Waals surface area contributed by atoms with Crippen molar-refractivity contribution in [3.63, 3.8) is 0 Å². The molecule has 0 radical (unpaired) electrons. The number of aromatic nitrogens is 1. The third kappa shape index (κ3) is 2.53. The number of amides is 2. The molecule has 2 atom stereocenters. The lowest BCUT2D eigenvalue weighted by atomic mass is 9.95. The van der Waals surface area contributed by atoms with Crippen LogP contribution in [0.5, 0.6) is 0 Å². The highest BCUT2D eigenvalue weighted by Crippen LogP contribution is 2.21. The van der Waals surface area contributed by atoms with Crippen molar-refractivity contribution in [2.75, 3.05) is 6.54 Å². The number of hydrogen-bond donors (Lipinski definition) is 1. The van der Waals surface area contributed by atoms with Crippen LogP contribution in [0.2, 0.25) is 0 Å². The topological polar surface area (TPSA) is 62.3 Å². The van der Waals surface area contributed by atoms with Gasteiger partial charge in [-0.2, -0.15) is 0 Å². The van der Waals surface area contributed by atoms with E-state index in [0.717, 1.165) is 11.4 Å². The predicted octanol–water partition coefficient (Wildman–Crippen LogP) is 1.02. The summed E-state index contributed by atoms with van der Waals surface area (Å²) in [4.78, 5) is 29.8. The van der Waals surface area contributed by atoms with Crippen LogP contribution in [0.3, 0.4) is 0 Å². The van der Waals surface area contributed by atoms with Gasteiger partial charge in [-0.15, -0.1) is 11.3 Å². The molecule has 1 saturated heterocycles. The van der Waals surface area contributed by atoms with E-state index in [0.29, 0.717) is 6.54 Å². The van der Waals surface area contributed by atoms with Gasteiger partial charge in [-0.05, 0) is 5.92 Å². The first kappa shape index (κ1) is 13.0. The third-order valence-electron chi connectivity index (χ3n) is 3.31. The van der Waals surface area contributed by atoms with Gasteiger partial charge in [0.15, 0.2) is 0 Å². The fourth-order valence-electron chi connectivity index (χ4n) is 2.12. The maximum absolute atomic E-state index is 12.0. The second-order valence-corrected chi connectivity index (χ2v) is 5.47. The monoisotopic (exact) mass is 267 g/mol. The minimum absolute atomic E-state index is 0.0323. The van der Waals surface area contributed by atoms with Crippen molar-refractivity contribution in [2.45, 2.75) is 32.9 Å². The molecule has 1 aromatic heterocycles. The van der Waals surface area contributed by atoms with E-state index in [9.17, 15) is 9.59 Å². The highest BCUT2D eigenvalue weighted by molar-refractivity contribution is 7.09. The summed E-state index contributed by atoms with van der Waals surface area (Å²) >= 11 is 1.50. The van der Waals surface area contributed by atoms with Gasteiger partial charge < -0.3 is 10.2 Å². The van der Waals surface area contributed by atoms with Crippen LogP contribution < -0.4 is 5.32 Å². The molecule has 98 valence electrons. The molecule has 1 aliphatic heterocycles. The van der Waals surface area contributed by atoms with E-state index >= 15 is 0 Å². The minimum atomic E-state index is -0.375. The Morgan fingerprint density at radius 3 is 3.00 bits per heavy atom. The van der Waals surface area contributed by atoms with E-state index < -0.39 is 0 Å². The Hall–Kier alpha value is -1.43. The maximum atomic E-state index is 12.0. The number of rotatable bonds is 4. The lowest BCUT2D eigenvalue weighted by molar-refractivity contribution is -0.148. The van der Waals surface area contributed by atoms with E-state index in [4.69, 9.17) is 0 Å². The molecule has 18 heavy (non-hydrogen) atoms. The first-order valence-corrected chi connectivity index (χ1v) is 6.97. The molecule has 6 heteroatoms. The first-order valence-electron chi connectivity index (χ1n) is 6.09. The number of nitrogens with zero attached hydrogens (tertiary/aromatic N) is 2. The second kappa shape index (κ2) is 5.48. The molecule has 0 saturated carbocycles. The van der Waals surface area contributed by atoms with E-state index in [1.54, 1.807) is 11.1 Å². The van der Waals surface area contributed by atoms with Gasteiger partial charge in [-0.3, -0.25) is 9.59 Å². The SMILES string of the molecule is CCC(C)C1C(=O)NCC(=O)N1Cc1nccs1. The summed E-state index contributed by atoms with van der Waals surface area (Å²) in [5.41, 5.74) is 0. The van der Waals surface area contributed by atoms with Gasteiger partial charge >= 0.3 is 0 Å². The van der Waals surface area contributed by atoms with Crippen LogP contribution in [-0.4, -0.2) is 34.3 Å². The minimum Gasteiger partial charge on any atom is -0.345 e. The number of carbonyl (C=O) groups is 2. The fraction of sp³-hybridized carbons (Fsp3) is 0.583. The quantitative estimate of drug-likeness (QED) is 0.886. The summed E-state index contributed by atoms with van der Waals surface area (Å²) in [6.07, 6.45) is 2.58. The van der Waals surface area contributed by atoms with Crippen molar-refractivity contribution < 1.29 is 9.59 Å². The van der Waals surface area contributed by atoms with Crippen molar-refractivity contribution in [2.24, 2.45) is 5.92 Å². The zero-order valence-corrected chi connectivity index (χ0v) is 11.4. The summed E-state index contributed by atoms with van der Waals surface area (Å²) < 4.78 is 0. The van der Waals surface area contributed by atoms with Crippen LogP contribution in [-0.2, 0) is 16.1 Å². The average Bonchev–Trinajstić information content (AvgIpc) is 2.86. The highest BCUT2D eigenvalue weighted by Gasteiger charge is 2.37. The van der Waals surface area contributed by atoms with Crippen molar-refractivity contribution in [1.29, 1.82) is 0 Å². The van der Waals surface area contributed by atoms with Crippen molar-refractivity contribution >= 4 is 23.2 Å². The maximum Gasteiger partial charge on any atom is 0.243 e. The van der Waals surface area contributed by atoms with E-state index in [1.165, 1.54) is 11.3 Å². The molecular weight excluding hydrogens is 250 g/mol. The fourth-order valence-corrected chi connectivity index (χ4v) is 2.73. The summed E-state index contributed by atoms with van der Waals surface area (Å²) in [6, 6.07) is -0.375. The van der Waals surface area contributed by atoms with Crippen LogP contribution in [0, 0.1) is 5.92 Å². The van der Waals surface area contributed by atoms with Gasteiger partial charge in [0.05, 0.1) is 13.1 Å².